The molecule has 2 amide bonds. The molecule has 6 aromatic rings. The number of carbonyl (C=O) groups excluding carboxylic acids is 2. The van der Waals surface area contributed by atoms with E-state index < -0.39 is 11.7 Å². The summed E-state index contributed by atoms with van der Waals surface area (Å²) >= 11 is 9.10. The maximum absolute atomic E-state index is 13.2. The smallest absolute Gasteiger partial charge is 0.349 e. The molecular formula is C28H19ClN6O4S2. The van der Waals surface area contributed by atoms with E-state index in [-0.39, 0.29) is 17.4 Å². The highest BCUT2D eigenvalue weighted by Gasteiger charge is 2.18. The van der Waals surface area contributed by atoms with Crippen LogP contribution in [0.3, 0.4) is 0 Å². The van der Waals surface area contributed by atoms with Crippen molar-refractivity contribution >= 4 is 68.8 Å². The van der Waals surface area contributed by atoms with Crippen molar-refractivity contribution in [3.05, 3.63) is 111 Å². The molecule has 4 N–H and O–H groups in total. The van der Waals surface area contributed by atoms with Crippen molar-refractivity contribution < 1.29 is 14.1 Å². The number of para-hydroxylation sites is 1. The maximum Gasteiger partial charge on any atom is 0.439 e. The van der Waals surface area contributed by atoms with Gasteiger partial charge in [0.05, 0.1) is 16.9 Å². The zero-order valence-electron chi connectivity index (χ0n) is 20.9. The van der Waals surface area contributed by atoms with Gasteiger partial charge in [0.2, 0.25) is 0 Å². The first kappa shape index (κ1) is 26.6. The summed E-state index contributed by atoms with van der Waals surface area (Å²) in [5.74, 6) is -0.656. The molecule has 0 atom stereocenters. The number of hydrogen-bond donors (Lipinski definition) is 4. The SMILES string of the molecule is O=C(Nc1cccc2cc(C(=O)Nc3ccc(Cl)cc3-c3noc(=O)[nH]3)[nH]c12)c1csc(SCc2ccccc2)n1. The molecule has 0 bridgehead atoms. The molecule has 0 aliphatic heterocycles. The van der Waals surface area contributed by atoms with Gasteiger partial charge in [-0.25, -0.2) is 9.78 Å². The Kier molecular flexibility index (Phi) is 7.42. The third kappa shape index (κ3) is 5.94. The van der Waals surface area contributed by atoms with E-state index in [9.17, 15) is 14.4 Å². The van der Waals surface area contributed by atoms with Crippen LogP contribution in [0.15, 0.2) is 91.8 Å². The van der Waals surface area contributed by atoms with Gasteiger partial charge in [0.25, 0.3) is 11.8 Å². The van der Waals surface area contributed by atoms with Gasteiger partial charge < -0.3 is 15.6 Å². The van der Waals surface area contributed by atoms with E-state index in [1.165, 1.54) is 16.9 Å². The van der Waals surface area contributed by atoms with Gasteiger partial charge in [0.15, 0.2) is 10.2 Å². The lowest BCUT2D eigenvalue weighted by atomic mass is 10.1. The summed E-state index contributed by atoms with van der Waals surface area (Å²) < 4.78 is 5.39. The number of aromatic amines is 2. The highest BCUT2D eigenvalue weighted by molar-refractivity contribution is 8.00. The van der Waals surface area contributed by atoms with Crippen molar-refractivity contribution in [2.45, 2.75) is 10.1 Å². The summed E-state index contributed by atoms with van der Waals surface area (Å²) in [6, 6.07) is 21.8. The van der Waals surface area contributed by atoms with Crippen LogP contribution in [0.4, 0.5) is 11.4 Å². The topological polar surface area (TPSA) is 146 Å². The summed E-state index contributed by atoms with van der Waals surface area (Å²) in [6.07, 6.45) is 0. The molecule has 41 heavy (non-hydrogen) atoms. The summed E-state index contributed by atoms with van der Waals surface area (Å²) in [5, 5.41) is 12.2. The third-order valence-corrected chi connectivity index (χ3v) is 8.32. The molecule has 0 fully saturated rings. The maximum atomic E-state index is 13.2. The number of benzene rings is 3. The number of nitrogens with zero attached hydrogens (tertiary/aromatic N) is 2. The molecule has 0 aliphatic carbocycles. The first-order valence-corrected chi connectivity index (χ1v) is 14.4. The van der Waals surface area contributed by atoms with Crippen LogP contribution in [0, 0.1) is 0 Å². The van der Waals surface area contributed by atoms with Crippen molar-refractivity contribution in [3.8, 4) is 11.4 Å². The highest BCUT2D eigenvalue weighted by atomic mass is 35.5. The van der Waals surface area contributed by atoms with Gasteiger partial charge in [-0.1, -0.05) is 71.0 Å². The lowest BCUT2D eigenvalue weighted by molar-refractivity contribution is 0.101. The number of thiazole rings is 1. The molecule has 10 nitrogen and oxygen atoms in total. The van der Waals surface area contributed by atoms with Crippen LogP contribution < -0.4 is 16.4 Å². The quantitative estimate of drug-likeness (QED) is 0.147. The van der Waals surface area contributed by atoms with Crippen LogP contribution in [0.2, 0.25) is 5.02 Å². The number of halogens is 1. The van der Waals surface area contributed by atoms with Gasteiger partial charge in [0.1, 0.15) is 11.4 Å². The zero-order chi connectivity index (χ0) is 28.3. The lowest BCUT2D eigenvalue weighted by Crippen LogP contribution is -2.14. The van der Waals surface area contributed by atoms with Gasteiger partial charge in [-0.15, -0.1) is 11.3 Å². The fourth-order valence-electron chi connectivity index (χ4n) is 4.07. The van der Waals surface area contributed by atoms with Gasteiger partial charge >= 0.3 is 5.76 Å². The predicted octanol–water partition coefficient (Wildman–Crippen LogP) is 6.42. The van der Waals surface area contributed by atoms with E-state index in [1.807, 2.05) is 36.4 Å². The van der Waals surface area contributed by atoms with Crippen molar-refractivity contribution in [1.29, 1.82) is 0 Å². The molecular weight excluding hydrogens is 584 g/mol. The van der Waals surface area contributed by atoms with Gasteiger partial charge in [-0.2, -0.15) is 0 Å². The van der Waals surface area contributed by atoms with Crippen LogP contribution in [0.5, 0.6) is 0 Å². The Morgan fingerprint density at radius 1 is 0.951 bits per heavy atom. The number of aromatic nitrogens is 4. The molecule has 204 valence electrons. The molecule has 3 aromatic carbocycles. The van der Waals surface area contributed by atoms with Crippen LogP contribution >= 0.6 is 34.7 Å². The molecule has 0 radical (unpaired) electrons. The molecule has 6 rings (SSSR count). The minimum atomic E-state index is -0.734. The van der Waals surface area contributed by atoms with E-state index in [4.69, 9.17) is 11.6 Å². The van der Waals surface area contributed by atoms with Crippen molar-refractivity contribution in [3.63, 3.8) is 0 Å². The molecule has 3 aromatic heterocycles. The number of anilines is 2. The normalized spacial score (nSPS) is 11.0. The number of H-pyrrole nitrogens is 2. The third-order valence-electron chi connectivity index (χ3n) is 6.00. The fraction of sp³-hybridized carbons (Fsp3) is 0.0357. The molecule has 0 saturated carbocycles. The second-order valence-corrected chi connectivity index (χ2v) is 11.3. The van der Waals surface area contributed by atoms with Crippen molar-refractivity contribution in [2.24, 2.45) is 0 Å². The zero-order valence-corrected chi connectivity index (χ0v) is 23.3. The number of thioether (sulfide) groups is 1. The van der Waals surface area contributed by atoms with Crippen molar-refractivity contribution in [1.82, 2.24) is 20.1 Å². The number of amides is 2. The number of nitrogens with one attached hydrogen (secondary N) is 4. The Labute approximate surface area is 245 Å². The minimum absolute atomic E-state index is 0.123. The summed E-state index contributed by atoms with van der Waals surface area (Å²) in [4.78, 5) is 47.7. The largest absolute Gasteiger partial charge is 0.439 e. The Bertz CT molecular complexity index is 1950. The number of fused-ring (bicyclic) bond motifs is 1. The first-order chi connectivity index (χ1) is 19.9. The highest BCUT2D eigenvalue weighted by Crippen LogP contribution is 2.30. The van der Waals surface area contributed by atoms with Crippen LogP contribution in [-0.2, 0) is 5.75 Å². The van der Waals surface area contributed by atoms with Crippen LogP contribution in [-0.4, -0.2) is 31.9 Å². The van der Waals surface area contributed by atoms with Crippen LogP contribution in [0.25, 0.3) is 22.3 Å². The monoisotopic (exact) mass is 602 g/mol. The standard InChI is InChI=1S/C28H19ClN6O4S2/c29-17-9-10-19(18(12-17)24-34-27(38)39-35-24)31-25(36)21-11-16-7-4-8-20(23(16)30-21)32-26(37)22-14-41-28(33-22)40-13-15-5-2-1-3-6-15/h1-12,14,30H,13H2,(H,31,36)(H,32,37)(H,34,35,38). The fourth-order valence-corrected chi connectivity index (χ4v) is 6.01. The molecule has 0 spiro atoms. The van der Waals surface area contributed by atoms with E-state index >= 15 is 0 Å². The van der Waals surface area contributed by atoms with E-state index in [1.54, 1.807) is 53.5 Å². The Balaban J connectivity index is 1.18. The summed E-state index contributed by atoms with van der Waals surface area (Å²) in [6.45, 7) is 0. The van der Waals surface area contributed by atoms with Gasteiger partial charge in [-0.05, 0) is 35.9 Å². The predicted molar refractivity (Wildman–Crippen MR) is 160 cm³/mol. The average molecular weight is 603 g/mol. The molecule has 13 heteroatoms. The lowest BCUT2D eigenvalue weighted by Gasteiger charge is -2.09. The summed E-state index contributed by atoms with van der Waals surface area (Å²) in [5.41, 5.74) is 3.57. The second kappa shape index (κ2) is 11.5. The Morgan fingerprint density at radius 3 is 2.59 bits per heavy atom. The number of rotatable bonds is 8. The van der Waals surface area contributed by atoms with Crippen LogP contribution in [0.1, 0.15) is 26.5 Å². The van der Waals surface area contributed by atoms with Crippen molar-refractivity contribution in [2.75, 3.05) is 10.6 Å². The van der Waals surface area contributed by atoms with E-state index in [2.05, 4.69) is 35.3 Å². The van der Waals surface area contributed by atoms with Gasteiger partial charge in [0, 0.05) is 27.1 Å². The molecule has 0 saturated heterocycles. The Hall–Kier alpha value is -4.65. The minimum Gasteiger partial charge on any atom is -0.349 e. The average Bonchev–Trinajstić information content (AvgIpc) is 3.73. The Morgan fingerprint density at radius 2 is 1.78 bits per heavy atom. The number of carbonyl (C=O) groups is 2. The molecule has 0 unspecified atom stereocenters. The number of hydrogen-bond acceptors (Lipinski definition) is 8. The van der Waals surface area contributed by atoms with E-state index in [0.717, 1.165) is 15.5 Å². The second-order valence-electron chi connectivity index (χ2n) is 8.77. The van der Waals surface area contributed by atoms with E-state index in [0.29, 0.717) is 33.2 Å². The summed E-state index contributed by atoms with van der Waals surface area (Å²) in [7, 11) is 0. The first-order valence-electron chi connectivity index (χ1n) is 12.2. The van der Waals surface area contributed by atoms with Gasteiger partial charge in [-0.3, -0.25) is 19.1 Å². The molecule has 0 aliphatic rings. The molecule has 3 heterocycles.